The van der Waals surface area contributed by atoms with Crippen molar-refractivity contribution in [3.05, 3.63) is 111 Å². The number of hydrogen-bond donors (Lipinski definition) is 0. The Kier molecular flexibility index (Phi) is 7.83. The molecule has 0 unspecified atom stereocenters. The molecule has 3 rings (SSSR count). The van der Waals surface area contributed by atoms with Crippen LogP contribution in [0.3, 0.4) is 0 Å². The fourth-order valence-electron chi connectivity index (χ4n) is 3.66. The van der Waals surface area contributed by atoms with Gasteiger partial charge in [-0.05, 0) is 61.3 Å². The summed E-state index contributed by atoms with van der Waals surface area (Å²) in [4.78, 5) is 14.7. The number of halogens is 1. The summed E-state index contributed by atoms with van der Waals surface area (Å²) in [5, 5.41) is 0. The summed E-state index contributed by atoms with van der Waals surface area (Å²) < 4.78 is 6.31. The molecule has 0 saturated heterocycles. The van der Waals surface area contributed by atoms with Crippen molar-refractivity contribution in [2.24, 2.45) is 0 Å². The summed E-state index contributed by atoms with van der Waals surface area (Å²) in [6.07, 6.45) is 1.71. The maximum absolute atomic E-state index is 12.4. The topological polar surface area (TPSA) is 29.5 Å². The van der Waals surface area contributed by atoms with Gasteiger partial charge in [-0.2, -0.15) is 0 Å². The molecule has 3 nitrogen and oxygen atoms in total. The molecule has 0 fully saturated rings. The largest absolute Gasteiger partial charge is 0.457 e. The van der Waals surface area contributed by atoms with E-state index in [-0.39, 0.29) is 12.6 Å². The van der Waals surface area contributed by atoms with Crippen LogP contribution in [0.15, 0.2) is 71.7 Å². The second-order valence-corrected chi connectivity index (χ2v) is 8.95. The van der Waals surface area contributed by atoms with Gasteiger partial charge in [-0.25, -0.2) is 4.79 Å². The van der Waals surface area contributed by atoms with Crippen LogP contribution >= 0.6 is 15.9 Å². The number of aryl methyl sites for hydroxylation is 2. The minimum atomic E-state index is -0.346. The Bertz CT molecular complexity index is 1050. The number of esters is 1. The normalized spacial score (nSPS) is 10.9. The molecule has 3 aromatic rings. The Hall–Kier alpha value is -2.69. The van der Waals surface area contributed by atoms with Crippen molar-refractivity contribution in [1.82, 2.24) is 4.90 Å². The summed E-state index contributed by atoms with van der Waals surface area (Å²) >= 11 is 3.41. The summed E-state index contributed by atoms with van der Waals surface area (Å²) in [6, 6.07) is 20.3. The summed E-state index contributed by atoms with van der Waals surface area (Å²) in [5.41, 5.74) is 7.49. The smallest absolute Gasteiger partial charge is 0.338 e. The Balaban J connectivity index is 1.54. The number of rotatable bonds is 8. The highest BCUT2D eigenvalue weighted by Crippen LogP contribution is 2.18. The molecule has 0 aliphatic carbocycles. The summed E-state index contributed by atoms with van der Waals surface area (Å²) in [7, 11) is 2.13. The van der Waals surface area contributed by atoms with Crippen molar-refractivity contribution < 1.29 is 9.53 Å². The zero-order valence-electron chi connectivity index (χ0n) is 18.3. The Morgan fingerprint density at radius 2 is 1.55 bits per heavy atom. The highest BCUT2D eigenvalue weighted by molar-refractivity contribution is 9.10. The fraction of sp³-hybridized carbons (Fsp3) is 0.222. The van der Waals surface area contributed by atoms with Crippen molar-refractivity contribution in [3.63, 3.8) is 0 Å². The van der Waals surface area contributed by atoms with Crippen LogP contribution in [-0.2, 0) is 24.4 Å². The van der Waals surface area contributed by atoms with Crippen LogP contribution < -0.4 is 0 Å². The predicted molar refractivity (Wildman–Crippen MR) is 131 cm³/mol. The number of ether oxygens (including phenoxy) is 1. The zero-order chi connectivity index (χ0) is 22.4. The monoisotopic (exact) mass is 477 g/mol. The zero-order valence-corrected chi connectivity index (χ0v) is 19.9. The lowest BCUT2D eigenvalue weighted by atomic mass is 10.1. The van der Waals surface area contributed by atoms with Crippen molar-refractivity contribution >= 4 is 28.0 Å². The molecule has 0 heterocycles. The molecule has 0 N–H and O–H groups in total. The van der Waals surface area contributed by atoms with Crippen molar-refractivity contribution in [1.29, 1.82) is 0 Å². The van der Waals surface area contributed by atoms with Crippen LogP contribution in [-0.4, -0.2) is 17.9 Å². The first kappa shape index (κ1) is 23.0. The molecule has 0 aliphatic heterocycles. The van der Waals surface area contributed by atoms with Crippen LogP contribution in [0.4, 0.5) is 0 Å². The molecule has 0 saturated carbocycles. The second-order valence-electron chi connectivity index (χ2n) is 8.04. The highest BCUT2D eigenvalue weighted by Gasteiger charge is 2.10. The molecule has 31 heavy (non-hydrogen) atoms. The standard InChI is InChI=1S/C27H28BrNO2/c1-5-21-13-25(15-26(28)14-21)27(30)31-18-23-8-6-22(7-9-23)16-29(4)17-24-11-19(2)10-20(3)12-24/h5-15H,1,16-18H2,2-4H3. The second kappa shape index (κ2) is 10.6. The fourth-order valence-corrected chi connectivity index (χ4v) is 4.17. The average Bonchev–Trinajstić information content (AvgIpc) is 2.71. The SMILES string of the molecule is C=Cc1cc(Br)cc(C(=O)OCc2ccc(CN(C)Cc3cc(C)cc(C)c3)cc2)c1. The van der Waals surface area contributed by atoms with Crippen LogP contribution in [0.1, 0.15) is 43.7 Å². The Labute approximate surface area is 193 Å². The lowest BCUT2D eigenvalue weighted by molar-refractivity contribution is 0.0472. The van der Waals surface area contributed by atoms with Crippen LogP contribution in [0.2, 0.25) is 0 Å². The lowest BCUT2D eigenvalue weighted by Crippen LogP contribution is -2.17. The summed E-state index contributed by atoms with van der Waals surface area (Å²) in [5.74, 6) is -0.346. The van der Waals surface area contributed by atoms with Gasteiger partial charge in [0.15, 0.2) is 0 Å². The maximum atomic E-state index is 12.4. The van der Waals surface area contributed by atoms with Crippen molar-refractivity contribution in [2.45, 2.75) is 33.5 Å². The van der Waals surface area contributed by atoms with Gasteiger partial charge in [-0.15, -0.1) is 0 Å². The number of carbonyl (C=O) groups excluding carboxylic acids is 1. The van der Waals surface area contributed by atoms with Crippen molar-refractivity contribution in [3.8, 4) is 0 Å². The van der Waals surface area contributed by atoms with Gasteiger partial charge in [-0.1, -0.05) is 82.2 Å². The molecule has 4 heteroatoms. The van der Waals surface area contributed by atoms with Gasteiger partial charge in [0, 0.05) is 17.6 Å². The first-order valence-corrected chi connectivity index (χ1v) is 11.1. The minimum absolute atomic E-state index is 0.244. The van der Waals surface area contributed by atoms with E-state index in [9.17, 15) is 4.79 Å². The van der Waals surface area contributed by atoms with Crippen molar-refractivity contribution in [2.75, 3.05) is 7.05 Å². The number of hydrogen-bond acceptors (Lipinski definition) is 3. The van der Waals surface area contributed by atoms with Gasteiger partial charge in [0.1, 0.15) is 6.61 Å². The van der Waals surface area contributed by atoms with Gasteiger partial charge in [-0.3, -0.25) is 4.90 Å². The molecular weight excluding hydrogens is 450 g/mol. The minimum Gasteiger partial charge on any atom is -0.457 e. The van der Waals surface area contributed by atoms with E-state index in [0.29, 0.717) is 5.56 Å². The number of benzene rings is 3. The molecule has 160 valence electrons. The third-order valence-electron chi connectivity index (χ3n) is 4.97. The predicted octanol–water partition coefficient (Wildman–Crippen LogP) is 6.70. The maximum Gasteiger partial charge on any atom is 0.338 e. The third-order valence-corrected chi connectivity index (χ3v) is 5.43. The highest BCUT2D eigenvalue weighted by atomic mass is 79.9. The first-order chi connectivity index (χ1) is 14.8. The van der Waals surface area contributed by atoms with E-state index in [4.69, 9.17) is 4.74 Å². The number of carbonyl (C=O) groups is 1. The third kappa shape index (κ3) is 6.91. The molecule has 0 radical (unpaired) electrons. The Morgan fingerprint density at radius 3 is 2.19 bits per heavy atom. The van der Waals surface area contributed by atoms with Gasteiger partial charge < -0.3 is 4.74 Å². The van der Waals surface area contributed by atoms with Crippen LogP contribution in [0.25, 0.3) is 6.08 Å². The van der Waals surface area contributed by atoms with E-state index in [1.54, 1.807) is 18.2 Å². The first-order valence-electron chi connectivity index (χ1n) is 10.3. The molecule has 0 spiro atoms. The van der Waals surface area contributed by atoms with Gasteiger partial charge >= 0.3 is 5.97 Å². The van der Waals surface area contributed by atoms with E-state index in [1.807, 2.05) is 18.2 Å². The molecule has 0 atom stereocenters. The molecule has 0 bridgehead atoms. The summed E-state index contributed by atoms with van der Waals surface area (Å²) in [6.45, 7) is 10.0. The van der Waals surface area contributed by atoms with Gasteiger partial charge in [0.25, 0.3) is 0 Å². The molecular formula is C27H28BrNO2. The quantitative estimate of drug-likeness (QED) is 0.338. The van der Waals surface area contributed by atoms with Crippen LogP contribution in [0.5, 0.6) is 0 Å². The Morgan fingerprint density at radius 1 is 0.935 bits per heavy atom. The van der Waals surface area contributed by atoms with Gasteiger partial charge in [0.05, 0.1) is 5.56 Å². The van der Waals surface area contributed by atoms with Gasteiger partial charge in [0.2, 0.25) is 0 Å². The number of nitrogens with zero attached hydrogens (tertiary/aromatic N) is 1. The molecule has 0 aromatic heterocycles. The molecule has 0 aliphatic rings. The molecule has 0 amide bonds. The average molecular weight is 478 g/mol. The van der Waals surface area contributed by atoms with E-state index < -0.39 is 0 Å². The van der Waals surface area contributed by atoms with E-state index >= 15 is 0 Å². The van der Waals surface area contributed by atoms with E-state index in [2.05, 4.69) is 78.6 Å². The lowest BCUT2D eigenvalue weighted by Gasteiger charge is -2.18. The van der Waals surface area contributed by atoms with Crippen LogP contribution in [0, 0.1) is 13.8 Å². The van der Waals surface area contributed by atoms with E-state index in [0.717, 1.165) is 28.7 Å². The molecule has 3 aromatic carbocycles. The van der Waals surface area contributed by atoms with E-state index in [1.165, 1.54) is 22.3 Å².